The summed E-state index contributed by atoms with van der Waals surface area (Å²) in [6.45, 7) is 4.57. The number of ketones is 1. The summed E-state index contributed by atoms with van der Waals surface area (Å²) in [6, 6.07) is 116. The first-order valence-electron chi connectivity index (χ1n) is 37.7. The number of benzene rings is 15. The number of aromatic hydroxyl groups is 8. The van der Waals surface area contributed by atoms with Crippen molar-refractivity contribution in [2.75, 3.05) is 14.7 Å². The molecular weight excluding hydrogens is 1430 g/mol. The van der Waals surface area contributed by atoms with Crippen LogP contribution in [0.1, 0.15) is 108 Å². The van der Waals surface area contributed by atoms with E-state index in [1.165, 1.54) is 11.1 Å². The summed E-state index contributed by atoms with van der Waals surface area (Å²) < 4.78 is 0. The molecule has 14 heteroatoms. The first kappa shape index (κ1) is 74.2. The van der Waals surface area contributed by atoms with Gasteiger partial charge in [0.1, 0.15) is 57.0 Å². The Bertz CT molecular complexity index is 5870. The van der Waals surface area contributed by atoms with Crippen molar-refractivity contribution in [2.45, 2.75) is 47.6 Å². The number of hydrogen-bond donors (Lipinski definition) is 8. The second-order valence-electron chi connectivity index (χ2n) is 29.6. The predicted molar refractivity (Wildman–Crippen MR) is 448 cm³/mol. The molecule has 0 bridgehead atoms. The van der Waals surface area contributed by atoms with E-state index in [0.717, 1.165) is 90.5 Å². The second kappa shape index (κ2) is 30.1. The minimum Gasteiger partial charge on any atom is -0.508 e. The van der Waals surface area contributed by atoms with E-state index < -0.39 is 16.5 Å². The van der Waals surface area contributed by atoms with Gasteiger partial charge in [-0.15, -0.1) is 0 Å². The second-order valence-corrected chi connectivity index (χ2v) is 29.6. The van der Waals surface area contributed by atoms with Crippen LogP contribution in [0.2, 0.25) is 0 Å². The van der Waals surface area contributed by atoms with Crippen LogP contribution in [0.3, 0.4) is 0 Å². The molecule has 15 aromatic carbocycles. The van der Waals surface area contributed by atoms with E-state index in [0.29, 0.717) is 11.1 Å². The first-order valence-corrected chi connectivity index (χ1v) is 37.7. The molecule has 0 spiro atoms. The van der Waals surface area contributed by atoms with Gasteiger partial charge in [0.05, 0.1) is 11.4 Å². The SMILES string of the molecule is CC1(C)CC(c2ccc(O)cc2)(c2ccc(O)cc2)c2ccccc21.O=C1N(c2ccccc2)c2ccccc2C1(c1ccc(O)cc1)c1ccc(O)cc1.O=C1c2ccccc2C(c2ccc(O)cc2)(c2ccc(O)cc2)N1c1ccccc1.O=C1c2ccccc2N(c2ccccc2)C1(c1ccc(O)cc1)c1ccc(O)cc1. The van der Waals surface area contributed by atoms with Crippen LogP contribution in [0.15, 0.2) is 382 Å². The molecule has 14 nitrogen and oxygen atoms in total. The summed E-state index contributed by atoms with van der Waals surface area (Å²) >= 11 is 0. The Labute approximate surface area is 665 Å². The molecule has 0 unspecified atom stereocenters. The summed E-state index contributed by atoms with van der Waals surface area (Å²) in [5.74, 6) is 1.14. The summed E-state index contributed by atoms with van der Waals surface area (Å²) in [6.07, 6.45) is 0.939. The van der Waals surface area contributed by atoms with Crippen molar-refractivity contribution >= 4 is 46.0 Å². The zero-order chi connectivity index (χ0) is 79.8. The molecule has 0 saturated carbocycles. The average molecular weight is 1510 g/mol. The zero-order valence-corrected chi connectivity index (χ0v) is 62.7. The first-order chi connectivity index (χ1) is 55.8. The molecule has 0 saturated heterocycles. The largest absolute Gasteiger partial charge is 0.508 e. The Hall–Kier alpha value is -14.9. The molecule has 3 aliphatic heterocycles. The third-order valence-corrected chi connectivity index (χ3v) is 22.5. The van der Waals surface area contributed by atoms with Crippen LogP contribution in [0.4, 0.5) is 28.4 Å². The number of carbonyl (C=O) groups is 3. The highest BCUT2D eigenvalue weighted by atomic mass is 16.3. The highest BCUT2D eigenvalue weighted by molar-refractivity contribution is 6.19. The van der Waals surface area contributed by atoms with E-state index in [1.807, 2.05) is 217 Å². The molecule has 2 amide bonds. The van der Waals surface area contributed by atoms with Gasteiger partial charge >= 0.3 is 0 Å². The van der Waals surface area contributed by atoms with Crippen molar-refractivity contribution in [3.63, 3.8) is 0 Å². The number of carbonyl (C=O) groups excluding carboxylic acids is 3. The summed E-state index contributed by atoms with van der Waals surface area (Å²) in [4.78, 5) is 47.7. The topological polar surface area (TPSA) is 223 Å². The lowest BCUT2D eigenvalue weighted by Gasteiger charge is -2.40. The molecule has 115 heavy (non-hydrogen) atoms. The lowest BCUT2D eigenvalue weighted by molar-refractivity contribution is -0.120. The highest BCUT2D eigenvalue weighted by Crippen LogP contribution is 2.59. The summed E-state index contributed by atoms with van der Waals surface area (Å²) in [7, 11) is 0. The Morgan fingerprint density at radius 2 is 0.548 bits per heavy atom. The maximum atomic E-state index is 14.3. The number of fused-ring (bicyclic) bond motifs is 4. The van der Waals surface area contributed by atoms with Crippen LogP contribution in [-0.2, 0) is 32.1 Å². The number of amides is 2. The molecule has 0 atom stereocenters. The Kier molecular flexibility index (Phi) is 19.4. The zero-order valence-electron chi connectivity index (χ0n) is 62.7. The van der Waals surface area contributed by atoms with E-state index in [1.54, 1.807) is 155 Å². The maximum absolute atomic E-state index is 14.3. The molecule has 8 N–H and O–H groups in total. The van der Waals surface area contributed by atoms with E-state index in [2.05, 4.69) is 38.1 Å². The monoisotopic (exact) mass is 1510 g/mol. The number of hydrogen-bond acceptors (Lipinski definition) is 12. The van der Waals surface area contributed by atoms with Crippen LogP contribution in [-0.4, -0.2) is 58.4 Å². The van der Waals surface area contributed by atoms with Crippen LogP contribution < -0.4 is 14.7 Å². The van der Waals surface area contributed by atoms with Gasteiger partial charge in [-0.25, -0.2) is 0 Å². The number of nitrogens with zero attached hydrogens (tertiary/aromatic N) is 3. The minimum atomic E-state index is -1.17. The van der Waals surface area contributed by atoms with Crippen molar-refractivity contribution < 1.29 is 55.2 Å². The molecular formula is C101H79N3O11. The van der Waals surface area contributed by atoms with E-state index in [4.69, 9.17) is 0 Å². The fraction of sp³-hybridized carbons (Fsp3) is 0.0792. The van der Waals surface area contributed by atoms with Crippen molar-refractivity contribution in [2.24, 2.45) is 0 Å². The van der Waals surface area contributed by atoms with E-state index in [-0.39, 0.29) is 74.4 Å². The fourth-order valence-electron chi connectivity index (χ4n) is 17.6. The van der Waals surface area contributed by atoms with E-state index in [9.17, 15) is 55.2 Å². The highest BCUT2D eigenvalue weighted by Gasteiger charge is 2.57. The quantitative estimate of drug-likeness (QED) is 0.0606. The smallest absolute Gasteiger partial charge is 0.260 e. The average Bonchev–Trinajstić information content (AvgIpc) is 1.67. The van der Waals surface area contributed by atoms with Crippen molar-refractivity contribution in [3.8, 4) is 46.0 Å². The van der Waals surface area contributed by atoms with Crippen LogP contribution in [0, 0.1) is 0 Å². The molecule has 19 rings (SSSR count). The van der Waals surface area contributed by atoms with Crippen molar-refractivity contribution in [1.82, 2.24) is 0 Å². The van der Waals surface area contributed by atoms with Gasteiger partial charge in [-0.2, -0.15) is 0 Å². The Morgan fingerprint density at radius 1 is 0.252 bits per heavy atom. The third kappa shape index (κ3) is 12.7. The molecule has 564 valence electrons. The van der Waals surface area contributed by atoms with Gasteiger partial charge in [-0.05, 0) is 231 Å². The molecule has 4 aliphatic rings. The number of Topliss-reactive ketones (excluding diaryl/α,β-unsaturated/α-hetero) is 1. The molecule has 3 heterocycles. The Balaban J connectivity index is 0.000000116. The van der Waals surface area contributed by atoms with Crippen LogP contribution in [0.25, 0.3) is 0 Å². The standard InChI is InChI=1S/3C26H19NO3.C23H22O2/c28-21-14-10-18(11-15-21)26(19-12-16-22(29)17-13-19)23-8-4-5-9-24(23)27(25(26)30)20-6-2-1-3-7-20;28-21-14-10-18(11-15-21)26(19-12-16-22(29)17-13-19)25(30)23-8-4-5-9-24(23)27(26)20-6-2-1-3-7-20;28-21-14-10-18(11-15-21)26(19-12-16-22(29)17-13-19)24-9-5-4-8-23(24)25(30)27(26)20-6-2-1-3-7-20;1-22(2)15-23(16-7-11-18(24)12-8-16,17-9-13-19(25)14-10-17)21-6-4-3-5-20(21)22/h3*1-17,28-29H;3-14,24-25H,15H2,1-2H3. The van der Waals surface area contributed by atoms with Crippen molar-refractivity contribution in [3.05, 3.63) is 460 Å². The van der Waals surface area contributed by atoms with E-state index >= 15 is 0 Å². The van der Waals surface area contributed by atoms with Crippen LogP contribution >= 0.6 is 0 Å². The summed E-state index contributed by atoms with van der Waals surface area (Å²) in [5.41, 5.74) is 13.2. The molecule has 0 fully saturated rings. The normalized spacial score (nSPS) is 15.1. The molecule has 0 radical (unpaired) electrons. The minimum absolute atomic E-state index is 0.0341. The maximum Gasteiger partial charge on any atom is 0.260 e. The lowest BCUT2D eigenvalue weighted by atomic mass is 9.68. The number of rotatable bonds is 11. The molecule has 1 aliphatic carbocycles. The van der Waals surface area contributed by atoms with Gasteiger partial charge in [-0.1, -0.05) is 238 Å². The van der Waals surface area contributed by atoms with Gasteiger partial charge in [0, 0.05) is 39.2 Å². The van der Waals surface area contributed by atoms with Gasteiger partial charge in [0.15, 0.2) is 11.3 Å². The third-order valence-electron chi connectivity index (χ3n) is 22.5. The number of phenols is 8. The number of para-hydroxylation sites is 5. The molecule has 0 aromatic heterocycles. The van der Waals surface area contributed by atoms with Crippen LogP contribution in [0.5, 0.6) is 46.0 Å². The fourth-order valence-corrected chi connectivity index (χ4v) is 17.6. The predicted octanol–water partition coefficient (Wildman–Crippen LogP) is 20.7. The van der Waals surface area contributed by atoms with Gasteiger partial charge in [0.25, 0.3) is 11.8 Å². The van der Waals surface area contributed by atoms with Crippen molar-refractivity contribution in [1.29, 1.82) is 0 Å². The lowest BCUT2D eigenvalue weighted by Crippen LogP contribution is -2.46. The van der Waals surface area contributed by atoms with Gasteiger partial charge < -0.3 is 45.8 Å². The summed E-state index contributed by atoms with van der Waals surface area (Å²) in [5, 5.41) is 78.8. The van der Waals surface area contributed by atoms with Gasteiger partial charge in [0.2, 0.25) is 0 Å². The van der Waals surface area contributed by atoms with Gasteiger partial charge in [-0.3, -0.25) is 24.2 Å². The molecule has 15 aromatic rings. The number of phenolic OH excluding ortho intramolecular Hbond substituents is 8. The number of anilines is 5. The Morgan fingerprint density at radius 3 is 0.957 bits per heavy atom.